The lowest BCUT2D eigenvalue weighted by atomic mass is 10.1. The van der Waals surface area contributed by atoms with Crippen molar-refractivity contribution in [3.63, 3.8) is 0 Å². The second kappa shape index (κ2) is 4.80. The number of nitrogens with one attached hydrogen (secondary N) is 2. The zero-order valence-electron chi connectivity index (χ0n) is 10.8. The summed E-state index contributed by atoms with van der Waals surface area (Å²) in [4.78, 5) is 12.1. The molecule has 0 fully saturated rings. The Morgan fingerprint density at radius 3 is 2.95 bits per heavy atom. The molecular formula is C15H16N2O2. The lowest BCUT2D eigenvalue weighted by molar-refractivity contribution is -0.121. The maximum Gasteiger partial charge on any atom is 0.243 e. The molecule has 4 heteroatoms. The molecule has 0 saturated heterocycles. The molecule has 0 saturated carbocycles. The van der Waals surface area contributed by atoms with Crippen molar-refractivity contribution >= 4 is 11.6 Å². The molecule has 98 valence electrons. The Bertz CT molecular complexity index is 579. The van der Waals surface area contributed by atoms with E-state index < -0.39 is 0 Å². The average Bonchev–Trinajstić information content (AvgIpc) is 3.01. The minimum Gasteiger partial charge on any atom is -0.465 e. The fourth-order valence-corrected chi connectivity index (χ4v) is 2.33. The van der Waals surface area contributed by atoms with Crippen molar-refractivity contribution in [3.8, 4) is 0 Å². The van der Waals surface area contributed by atoms with E-state index in [0.29, 0.717) is 6.54 Å². The third-order valence-corrected chi connectivity index (χ3v) is 3.32. The van der Waals surface area contributed by atoms with E-state index in [1.165, 1.54) is 5.56 Å². The lowest BCUT2D eigenvalue weighted by Gasteiger charge is -2.11. The Balaban J connectivity index is 1.58. The number of furan rings is 1. The number of carbonyl (C=O) groups is 1. The zero-order chi connectivity index (χ0) is 13.2. The average molecular weight is 256 g/mol. The quantitative estimate of drug-likeness (QED) is 0.885. The highest BCUT2D eigenvalue weighted by Crippen LogP contribution is 2.25. The van der Waals surface area contributed by atoms with Crippen molar-refractivity contribution in [1.82, 2.24) is 5.32 Å². The van der Waals surface area contributed by atoms with Gasteiger partial charge in [-0.05, 0) is 30.7 Å². The molecule has 2 aromatic rings. The van der Waals surface area contributed by atoms with Crippen LogP contribution in [0.2, 0.25) is 0 Å². The van der Waals surface area contributed by atoms with Crippen molar-refractivity contribution < 1.29 is 9.21 Å². The van der Waals surface area contributed by atoms with Crippen molar-refractivity contribution in [2.75, 3.05) is 5.32 Å². The van der Waals surface area contributed by atoms with E-state index in [1.54, 1.807) is 0 Å². The number of rotatable bonds is 3. The number of fused-ring (bicyclic) bond motifs is 1. The standard InChI is InChI=1S/C15H16N2O2/c1-10-6-7-12(19-10)9-16-15(18)14-8-11-4-2-3-5-13(11)17-14/h2-7,14,17H,8-9H2,1H3,(H,16,18). The SMILES string of the molecule is Cc1ccc(CNC(=O)C2Cc3ccccc3N2)o1. The van der Waals surface area contributed by atoms with Gasteiger partial charge in [0.15, 0.2) is 0 Å². The van der Waals surface area contributed by atoms with Gasteiger partial charge in [-0.3, -0.25) is 4.79 Å². The molecule has 0 aliphatic carbocycles. The topological polar surface area (TPSA) is 54.3 Å². The van der Waals surface area contributed by atoms with Crippen LogP contribution in [-0.2, 0) is 17.8 Å². The van der Waals surface area contributed by atoms with Crippen LogP contribution < -0.4 is 10.6 Å². The maximum atomic E-state index is 12.1. The van der Waals surface area contributed by atoms with Gasteiger partial charge in [-0.1, -0.05) is 18.2 Å². The molecule has 2 heterocycles. The second-order valence-electron chi connectivity index (χ2n) is 4.79. The van der Waals surface area contributed by atoms with Crippen molar-refractivity contribution in [2.45, 2.75) is 25.9 Å². The molecule has 19 heavy (non-hydrogen) atoms. The summed E-state index contributed by atoms with van der Waals surface area (Å²) >= 11 is 0. The van der Waals surface area contributed by atoms with Crippen molar-refractivity contribution in [1.29, 1.82) is 0 Å². The second-order valence-corrected chi connectivity index (χ2v) is 4.79. The summed E-state index contributed by atoms with van der Waals surface area (Å²) in [5.41, 5.74) is 2.24. The minimum absolute atomic E-state index is 0.00486. The molecule has 1 amide bonds. The largest absolute Gasteiger partial charge is 0.465 e. The first-order valence-corrected chi connectivity index (χ1v) is 6.40. The predicted octanol–water partition coefficient (Wildman–Crippen LogP) is 2.24. The normalized spacial score (nSPS) is 16.8. The summed E-state index contributed by atoms with van der Waals surface area (Å²) in [6, 6.07) is 11.6. The molecule has 0 radical (unpaired) electrons. The first-order valence-electron chi connectivity index (χ1n) is 6.40. The molecule has 0 bridgehead atoms. The van der Waals surface area contributed by atoms with Gasteiger partial charge in [0.25, 0.3) is 0 Å². The van der Waals surface area contributed by atoms with Gasteiger partial charge in [-0.2, -0.15) is 0 Å². The van der Waals surface area contributed by atoms with Gasteiger partial charge < -0.3 is 15.1 Å². The van der Waals surface area contributed by atoms with E-state index in [2.05, 4.69) is 10.6 Å². The number of aryl methyl sites for hydroxylation is 1. The fourth-order valence-electron chi connectivity index (χ4n) is 2.33. The summed E-state index contributed by atoms with van der Waals surface area (Å²) in [5, 5.41) is 6.13. The summed E-state index contributed by atoms with van der Waals surface area (Å²) in [6.45, 7) is 2.32. The molecule has 0 spiro atoms. The molecule has 1 aromatic carbocycles. The highest BCUT2D eigenvalue weighted by Gasteiger charge is 2.25. The molecule has 4 nitrogen and oxygen atoms in total. The Morgan fingerprint density at radius 2 is 2.21 bits per heavy atom. The van der Waals surface area contributed by atoms with Crippen molar-refractivity contribution in [2.24, 2.45) is 0 Å². The van der Waals surface area contributed by atoms with Gasteiger partial charge in [0.1, 0.15) is 17.6 Å². The first-order chi connectivity index (χ1) is 9.22. The van der Waals surface area contributed by atoms with Crippen LogP contribution in [0.25, 0.3) is 0 Å². The molecular weight excluding hydrogens is 240 g/mol. The Labute approximate surface area is 111 Å². The van der Waals surface area contributed by atoms with Crippen LogP contribution in [0.15, 0.2) is 40.8 Å². The highest BCUT2D eigenvalue weighted by atomic mass is 16.3. The van der Waals surface area contributed by atoms with Crippen LogP contribution in [-0.4, -0.2) is 11.9 Å². The summed E-state index contributed by atoms with van der Waals surface area (Å²) < 4.78 is 5.42. The number of anilines is 1. The molecule has 1 unspecified atom stereocenters. The number of amides is 1. The number of benzene rings is 1. The smallest absolute Gasteiger partial charge is 0.243 e. The van der Waals surface area contributed by atoms with Crippen LogP contribution in [0, 0.1) is 6.92 Å². The van der Waals surface area contributed by atoms with Gasteiger partial charge in [0.05, 0.1) is 6.54 Å². The van der Waals surface area contributed by atoms with Crippen LogP contribution in [0.1, 0.15) is 17.1 Å². The highest BCUT2D eigenvalue weighted by molar-refractivity contribution is 5.87. The van der Waals surface area contributed by atoms with E-state index in [9.17, 15) is 4.79 Å². The maximum absolute atomic E-state index is 12.1. The third-order valence-electron chi connectivity index (χ3n) is 3.32. The van der Waals surface area contributed by atoms with Crippen LogP contribution in [0.5, 0.6) is 0 Å². The molecule has 1 aromatic heterocycles. The Morgan fingerprint density at radius 1 is 1.37 bits per heavy atom. The molecule has 3 rings (SSSR count). The van der Waals surface area contributed by atoms with Gasteiger partial charge in [-0.15, -0.1) is 0 Å². The Kier molecular flexibility index (Phi) is 2.99. The van der Waals surface area contributed by atoms with Gasteiger partial charge in [0, 0.05) is 12.1 Å². The van der Waals surface area contributed by atoms with Crippen molar-refractivity contribution in [3.05, 3.63) is 53.5 Å². The van der Waals surface area contributed by atoms with Crippen LogP contribution in [0.3, 0.4) is 0 Å². The van der Waals surface area contributed by atoms with Gasteiger partial charge in [-0.25, -0.2) is 0 Å². The minimum atomic E-state index is -0.187. The number of hydrogen-bond acceptors (Lipinski definition) is 3. The summed E-state index contributed by atoms with van der Waals surface area (Å²) in [6.07, 6.45) is 0.735. The molecule has 2 N–H and O–H groups in total. The summed E-state index contributed by atoms with van der Waals surface area (Å²) in [7, 11) is 0. The van der Waals surface area contributed by atoms with E-state index in [4.69, 9.17) is 4.42 Å². The number of hydrogen-bond donors (Lipinski definition) is 2. The van der Waals surface area contributed by atoms with Gasteiger partial charge in [0.2, 0.25) is 5.91 Å². The monoisotopic (exact) mass is 256 g/mol. The van der Waals surface area contributed by atoms with Gasteiger partial charge >= 0.3 is 0 Å². The molecule has 1 atom stereocenters. The fraction of sp³-hybridized carbons (Fsp3) is 0.267. The lowest BCUT2D eigenvalue weighted by Crippen LogP contribution is -2.37. The van der Waals surface area contributed by atoms with E-state index in [1.807, 2.05) is 43.3 Å². The number of carbonyl (C=O) groups excluding carboxylic acids is 1. The summed E-state index contributed by atoms with van der Waals surface area (Å²) in [5.74, 6) is 1.64. The van der Waals surface area contributed by atoms with Crippen LogP contribution in [0.4, 0.5) is 5.69 Å². The molecule has 1 aliphatic heterocycles. The first kappa shape index (κ1) is 11.8. The van der Waals surface area contributed by atoms with E-state index >= 15 is 0 Å². The Hall–Kier alpha value is -2.23. The number of para-hydroxylation sites is 1. The zero-order valence-corrected chi connectivity index (χ0v) is 10.8. The van der Waals surface area contributed by atoms with E-state index in [0.717, 1.165) is 23.6 Å². The third kappa shape index (κ3) is 2.47. The van der Waals surface area contributed by atoms with E-state index in [-0.39, 0.29) is 11.9 Å². The molecule has 1 aliphatic rings. The van der Waals surface area contributed by atoms with Crippen LogP contribution >= 0.6 is 0 Å². The predicted molar refractivity (Wildman–Crippen MR) is 72.8 cm³/mol.